The molecule has 0 atom stereocenters. The van der Waals surface area contributed by atoms with Crippen LogP contribution in [0.15, 0.2) is 48.7 Å². The number of hydrogen-bond acceptors (Lipinski definition) is 4. The third kappa shape index (κ3) is 4.58. The molecule has 152 valence electrons. The fourth-order valence-electron chi connectivity index (χ4n) is 4.10. The Labute approximate surface area is 172 Å². The van der Waals surface area contributed by atoms with E-state index in [1.54, 1.807) is 12.3 Å². The van der Waals surface area contributed by atoms with Crippen molar-refractivity contribution in [2.24, 2.45) is 0 Å². The van der Waals surface area contributed by atoms with Crippen LogP contribution in [0.3, 0.4) is 0 Å². The monoisotopic (exact) mass is 392 g/mol. The van der Waals surface area contributed by atoms with Crippen molar-refractivity contribution in [3.05, 3.63) is 59.8 Å². The molecule has 1 aromatic carbocycles. The molecule has 0 aliphatic carbocycles. The minimum Gasteiger partial charge on any atom is -0.353 e. The van der Waals surface area contributed by atoms with E-state index < -0.39 is 0 Å². The Morgan fingerprint density at radius 1 is 0.690 bits per heavy atom. The molecule has 0 spiro atoms. The number of pyridine rings is 1. The molecule has 4 rings (SSSR count). The molecular formula is C23H28N4O2. The van der Waals surface area contributed by atoms with Gasteiger partial charge in [0.1, 0.15) is 5.82 Å². The van der Waals surface area contributed by atoms with Gasteiger partial charge in [0, 0.05) is 56.6 Å². The second-order valence-electron chi connectivity index (χ2n) is 7.75. The van der Waals surface area contributed by atoms with E-state index in [1.165, 1.54) is 12.8 Å². The number of nitrogens with zero attached hydrogens (tertiary/aromatic N) is 4. The first-order valence-electron chi connectivity index (χ1n) is 10.6. The van der Waals surface area contributed by atoms with Gasteiger partial charge in [-0.1, -0.05) is 25.0 Å². The average molecular weight is 393 g/mol. The lowest BCUT2D eigenvalue weighted by molar-refractivity contribution is 0.0746. The van der Waals surface area contributed by atoms with Gasteiger partial charge in [-0.15, -0.1) is 0 Å². The normalized spacial score (nSPS) is 17.7. The number of hydrogen-bond donors (Lipinski definition) is 0. The summed E-state index contributed by atoms with van der Waals surface area (Å²) >= 11 is 0. The van der Waals surface area contributed by atoms with E-state index in [4.69, 9.17) is 0 Å². The fourth-order valence-corrected chi connectivity index (χ4v) is 4.10. The highest BCUT2D eigenvalue weighted by Crippen LogP contribution is 2.17. The predicted molar refractivity (Wildman–Crippen MR) is 113 cm³/mol. The number of rotatable bonds is 3. The largest absolute Gasteiger partial charge is 0.353 e. The summed E-state index contributed by atoms with van der Waals surface area (Å²) < 4.78 is 0. The molecule has 2 aromatic rings. The van der Waals surface area contributed by atoms with E-state index in [1.807, 2.05) is 46.2 Å². The van der Waals surface area contributed by atoms with Crippen molar-refractivity contribution < 1.29 is 9.59 Å². The summed E-state index contributed by atoms with van der Waals surface area (Å²) in [6.07, 6.45) is 6.29. The van der Waals surface area contributed by atoms with E-state index in [0.717, 1.165) is 44.8 Å². The molecule has 6 heteroatoms. The van der Waals surface area contributed by atoms with E-state index in [-0.39, 0.29) is 11.8 Å². The maximum atomic E-state index is 13.0. The number of likely N-dealkylation sites (tertiary alicyclic amines) is 1. The lowest BCUT2D eigenvalue weighted by atomic mass is 10.1. The molecular weight excluding hydrogens is 364 g/mol. The van der Waals surface area contributed by atoms with Crippen molar-refractivity contribution in [2.75, 3.05) is 44.2 Å². The van der Waals surface area contributed by atoms with Crippen molar-refractivity contribution in [1.29, 1.82) is 0 Å². The summed E-state index contributed by atoms with van der Waals surface area (Å²) in [5.41, 5.74) is 1.21. The SMILES string of the molecule is O=C(c1cccc(C(=O)N2CCN(c3ccccn3)CC2)c1)N1CCCCCC1. The Hall–Kier alpha value is -2.89. The van der Waals surface area contributed by atoms with Crippen LogP contribution < -0.4 is 4.90 Å². The zero-order valence-corrected chi connectivity index (χ0v) is 16.8. The van der Waals surface area contributed by atoms with Gasteiger partial charge in [0.05, 0.1) is 0 Å². The molecule has 2 aliphatic heterocycles. The molecule has 6 nitrogen and oxygen atoms in total. The van der Waals surface area contributed by atoms with Crippen LogP contribution in [-0.4, -0.2) is 65.9 Å². The van der Waals surface area contributed by atoms with Crippen LogP contribution in [0.4, 0.5) is 5.82 Å². The third-order valence-corrected chi connectivity index (χ3v) is 5.79. The lowest BCUT2D eigenvalue weighted by Crippen LogP contribution is -2.49. The highest BCUT2D eigenvalue weighted by Gasteiger charge is 2.24. The van der Waals surface area contributed by atoms with Crippen molar-refractivity contribution in [3.63, 3.8) is 0 Å². The minimum absolute atomic E-state index is 0.00353. The Morgan fingerprint density at radius 3 is 1.90 bits per heavy atom. The van der Waals surface area contributed by atoms with Crippen molar-refractivity contribution >= 4 is 17.6 Å². The van der Waals surface area contributed by atoms with Gasteiger partial charge in [-0.2, -0.15) is 0 Å². The Morgan fingerprint density at radius 2 is 1.31 bits per heavy atom. The van der Waals surface area contributed by atoms with Gasteiger partial charge in [-0.25, -0.2) is 4.98 Å². The van der Waals surface area contributed by atoms with Crippen LogP contribution in [0.5, 0.6) is 0 Å². The van der Waals surface area contributed by atoms with Gasteiger partial charge in [-0.3, -0.25) is 9.59 Å². The van der Waals surface area contributed by atoms with Gasteiger partial charge in [0.15, 0.2) is 0 Å². The predicted octanol–water partition coefficient (Wildman–Crippen LogP) is 3.06. The Balaban J connectivity index is 1.40. The molecule has 2 fully saturated rings. The van der Waals surface area contributed by atoms with E-state index in [9.17, 15) is 9.59 Å². The van der Waals surface area contributed by atoms with Gasteiger partial charge in [-0.05, 0) is 43.2 Å². The quantitative estimate of drug-likeness (QED) is 0.806. The fraction of sp³-hybridized carbons (Fsp3) is 0.435. The van der Waals surface area contributed by atoms with Crippen LogP contribution in [-0.2, 0) is 0 Å². The molecule has 0 saturated carbocycles. The first-order valence-corrected chi connectivity index (χ1v) is 10.6. The second kappa shape index (κ2) is 9.07. The van der Waals surface area contributed by atoms with Crippen LogP contribution in [0, 0.1) is 0 Å². The highest BCUT2D eigenvalue weighted by atomic mass is 16.2. The number of amides is 2. The van der Waals surface area contributed by atoms with E-state index in [2.05, 4.69) is 9.88 Å². The summed E-state index contributed by atoms with van der Waals surface area (Å²) in [7, 11) is 0. The zero-order chi connectivity index (χ0) is 20.1. The minimum atomic E-state index is -0.00353. The highest BCUT2D eigenvalue weighted by molar-refractivity contribution is 5.99. The van der Waals surface area contributed by atoms with Gasteiger partial charge < -0.3 is 14.7 Å². The molecule has 29 heavy (non-hydrogen) atoms. The summed E-state index contributed by atoms with van der Waals surface area (Å²) in [5, 5.41) is 0. The molecule has 2 aliphatic rings. The number of anilines is 1. The molecule has 2 saturated heterocycles. The third-order valence-electron chi connectivity index (χ3n) is 5.79. The first kappa shape index (κ1) is 19.4. The van der Waals surface area contributed by atoms with Crippen molar-refractivity contribution in [3.8, 4) is 0 Å². The molecule has 0 bridgehead atoms. The topological polar surface area (TPSA) is 56.8 Å². The molecule has 0 N–H and O–H groups in total. The number of piperazine rings is 1. The van der Waals surface area contributed by atoms with Crippen molar-refractivity contribution in [2.45, 2.75) is 25.7 Å². The molecule has 1 aromatic heterocycles. The number of benzene rings is 1. The van der Waals surface area contributed by atoms with Crippen LogP contribution in [0.25, 0.3) is 0 Å². The zero-order valence-electron chi connectivity index (χ0n) is 16.8. The van der Waals surface area contributed by atoms with Crippen LogP contribution >= 0.6 is 0 Å². The molecule has 0 unspecified atom stereocenters. The molecule has 0 radical (unpaired) electrons. The standard InChI is InChI=1S/C23H28N4O2/c28-22(26-12-5-1-2-6-13-26)19-8-7-9-20(18-19)23(29)27-16-14-25(15-17-27)21-10-3-4-11-24-21/h3-4,7-11,18H,1-2,5-6,12-17H2. The summed E-state index contributed by atoms with van der Waals surface area (Å²) in [6, 6.07) is 13.1. The number of aromatic nitrogens is 1. The average Bonchev–Trinajstić information content (AvgIpc) is 3.08. The van der Waals surface area contributed by atoms with Crippen LogP contribution in [0.1, 0.15) is 46.4 Å². The lowest BCUT2D eigenvalue weighted by Gasteiger charge is -2.35. The van der Waals surface area contributed by atoms with Gasteiger partial charge in [0.2, 0.25) is 0 Å². The van der Waals surface area contributed by atoms with E-state index >= 15 is 0 Å². The molecule has 2 amide bonds. The maximum absolute atomic E-state index is 13.0. The Kier molecular flexibility index (Phi) is 6.08. The smallest absolute Gasteiger partial charge is 0.253 e. The van der Waals surface area contributed by atoms with Crippen LogP contribution in [0.2, 0.25) is 0 Å². The second-order valence-corrected chi connectivity index (χ2v) is 7.75. The maximum Gasteiger partial charge on any atom is 0.253 e. The number of carbonyl (C=O) groups excluding carboxylic acids is 2. The van der Waals surface area contributed by atoms with Gasteiger partial charge >= 0.3 is 0 Å². The number of carbonyl (C=O) groups is 2. The Bertz CT molecular complexity index is 839. The van der Waals surface area contributed by atoms with E-state index in [0.29, 0.717) is 24.2 Å². The summed E-state index contributed by atoms with van der Waals surface area (Å²) in [5.74, 6) is 0.988. The molecule has 3 heterocycles. The summed E-state index contributed by atoms with van der Waals surface area (Å²) in [4.78, 5) is 36.3. The first-order chi connectivity index (χ1) is 14.2. The summed E-state index contributed by atoms with van der Waals surface area (Å²) in [6.45, 7) is 4.45. The van der Waals surface area contributed by atoms with Gasteiger partial charge in [0.25, 0.3) is 11.8 Å². The van der Waals surface area contributed by atoms with Crippen molar-refractivity contribution in [1.82, 2.24) is 14.8 Å².